The fourth-order valence-corrected chi connectivity index (χ4v) is 3.38. The Kier molecular flexibility index (Phi) is 14.6. The summed E-state index contributed by atoms with van der Waals surface area (Å²) in [5.74, 6) is -3.33. The van der Waals surface area contributed by atoms with Gasteiger partial charge in [-0.1, -0.05) is 48.0 Å². The van der Waals surface area contributed by atoms with Crippen LogP contribution in [-0.4, -0.2) is 65.5 Å². The van der Waals surface area contributed by atoms with Crippen molar-refractivity contribution >= 4 is 29.7 Å². The van der Waals surface area contributed by atoms with Crippen molar-refractivity contribution in [1.29, 1.82) is 0 Å². The number of aliphatic carboxylic acids is 1. The van der Waals surface area contributed by atoms with E-state index in [4.69, 9.17) is 17.2 Å². The summed E-state index contributed by atoms with van der Waals surface area (Å²) in [7, 11) is 0. The third-order valence-corrected chi connectivity index (χ3v) is 5.66. The van der Waals surface area contributed by atoms with Gasteiger partial charge in [0.15, 0.2) is 5.96 Å². The fraction of sp³-hybridized carbons (Fsp3) is 0.783. The highest BCUT2D eigenvalue weighted by Crippen LogP contribution is 2.11. The van der Waals surface area contributed by atoms with E-state index in [2.05, 4.69) is 20.9 Å². The number of carboxylic acid groups (broad SMARTS) is 1. The van der Waals surface area contributed by atoms with Gasteiger partial charge in [-0.15, -0.1) is 0 Å². The number of rotatable bonds is 16. The number of carboxylic acids is 1. The van der Waals surface area contributed by atoms with E-state index in [1.807, 2.05) is 20.8 Å². The second-order valence-electron chi connectivity index (χ2n) is 9.69. The van der Waals surface area contributed by atoms with Crippen LogP contribution in [0.3, 0.4) is 0 Å². The van der Waals surface area contributed by atoms with E-state index < -0.39 is 47.9 Å². The summed E-state index contributed by atoms with van der Waals surface area (Å²) in [4.78, 5) is 54.2. The highest BCUT2D eigenvalue weighted by Gasteiger charge is 2.32. The lowest BCUT2D eigenvalue weighted by atomic mass is 9.98. The number of nitrogens with two attached hydrogens (primary N) is 3. The van der Waals surface area contributed by atoms with Gasteiger partial charge >= 0.3 is 5.97 Å². The predicted octanol–water partition coefficient (Wildman–Crippen LogP) is -0.345. The summed E-state index contributed by atoms with van der Waals surface area (Å²) >= 11 is 0. The molecule has 0 saturated carbocycles. The first-order chi connectivity index (χ1) is 16.2. The largest absolute Gasteiger partial charge is 0.480 e. The Labute approximate surface area is 208 Å². The van der Waals surface area contributed by atoms with E-state index in [1.165, 1.54) is 0 Å². The molecule has 0 aliphatic carbocycles. The Morgan fingerprint density at radius 3 is 1.91 bits per heavy atom. The third-order valence-electron chi connectivity index (χ3n) is 5.66. The summed E-state index contributed by atoms with van der Waals surface area (Å²) in [5, 5.41) is 17.4. The quantitative estimate of drug-likeness (QED) is 0.0844. The van der Waals surface area contributed by atoms with Crippen LogP contribution in [0, 0.1) is 17.8 Å². The minimum absolute atomic E-state index is 0.0990. The van der Waals surface area contributed by atoms with Crippen LogP contribution >= 0.6 is 0 Å². The number of amides is 3. The van der Waals surface area contributed by atoms with E-state index >= 15 is 0 Å². The molecule has 0 aromatic carbocycles. The van der Waals surface area contributed by atoms with Gasteiger partial charge in [0, 0.05) is 6.54 Å². The zero-order chi connectivity index (χ0) is 27.3. The molecular formula is C23H45N7O5. The zero-order valence-corrected chi connectivity index (χ0v) is 21.8. The Bertz CT molecular complexity index is 738. The second-order valence-corrected chi connectivity index (χ2v) is 9.69. The van der Waals surface area contributed by atoms with Gasteiger partial charge in [0.1, 0.15) is 18.1 Å². The number of nitrogens with one attached hydrogen (secondary N) is 3. The standard InChI is InChI=1S/C23H45N7O5/c1-7-14(6)18(22(34)35)30-20(32)16(9-8-10-27-23(25)26)28-21(33)17(13(4)5)29-19(31)15(24)11-12(2)3/h12-18H,7-11,24H2,1-6H3,(H,28,33)(H,29,31)(H,30,32)(H,34,35)(H4,25,26,27). The predicted molar refractivity (Wildman–Crippen MR) is 135 cm³/mol. The van der Waals surface area contributed by atoms with Gasteiger partial charge < -0.3 is 38.3 Å². The van der Waals surface area contributed by atoms with E-state index in [-0.39, 0.29) is 36.7 Å². The maximum absolute atomic E-state index is 13.1. The SMILES string of the molecule is CCC(C)C(NC(=O)C(CCCN=C(N)N)NC(=O)C(NC(=O)C(N)CC(C)C)C(C)C)C(=O)O. The van der Waals surface area contributed by atoms with Crippen molar-refractivity contribution in [3.8, 4) is 0 Å². The first kappa shape index (κ1) is 32.1. The Morgan fingerprint density at radius 1 is 0.886 bits per heavy atom. The van der Waals surface area contributed by atoms with Crippen molar-refractivity contribution in [2.75, 3.05) is 6.54 Å². The maximum atomic E-state index is 13.1. The first-order valence-electron chi connectivity index (χ1n) is 12.2. The Hall–Kier alpha value is -2.89. The average molecular weight is 500 g/mol. The van der Waals surface area contributed by atoms with Crippen LogP contribution in [0.15, 0.2) is 4.99 Å². The minimum Gasteiger partial charge on any atom is -0.480 e. The van der Waals surface area contributed by atoms with Crippen LogP contribution in [0.2, 0.25) is 0 Å². The molecule has 0 rings (SSSR count). The lowest BCUT2D eigenvalue weighted by Gasteiger charge is -2.28. The summed E-state index contributed by atoms with van der Waals surface area (Å²) in [6.07, 6.45) is 1.51. The highest BCUT2D eigenvalue weighted by atomic mass is 16.4. The van der Waals surface area contributed by atoms with Crippen molar-refractivity contribution in [2.24, 2.45) is 39.9 Å². The van der Waals surface area contributed by atoms with Crippen molar-refractivity contribution in [2.45, 2.75) is 91.4 Å². The lowest BCUT2D eigenvalue weighted by Crippen LogP contribution is -2.59. The fourth-order valence-electron chi connectivity index (χ4n) is 3.38. The molecule has 0 heterocycles. The lowest BCUT2D eigenvalue weighted by molar-refractivity contribution is -0.144. The van der Waals surface area contributed by atoms with Gasteiger partial charge in [0.05, 0.1) is 6.04 Å². The van der Waals surface area contributed by atoms with Crippen LogP contribution in [-0.2, 0) is 19.2 Å². The average Bonchev–Trinajstić information content (AvgIpc) is 2.75. The summed E-state index contributed by atoms with van der Waals surface area (Å²) in [5.41, 5.74) is 16.6. The van der Waals surface area contributed by atoms with Crippen molar-refractivity contribution in [1.82, 2.24) is 16.0 Å². The van der Waals surface area contributed by atoms with Crippen molar-refractivity contribution < 1.29 is 24.3 Å². The molecule has 0 aliphatic heterocycles. The van der Waals surface area contributed by atoms with Gasteiger partial charge in [-0.3, -0.25) is 19.4 Å². The third kappa shape index (κ3) is 12.4. The van der Waals surface area contributed by atoms with Gasteiger partial charge in [-0.2, -0.15) is 0 Å². The van der Waals surface area contributed by atoms with Crippen molar-refractivity contribution in [3.63, 3.8) is 0 Å². The maximum Gasteiger partial charge on any atom is 0.326 e. The number of guanidine groups is 1. The topological polar surface area (TPSA) is 215 Å². The summed E-state index contributed by atoms with van der Waals surface area (Å²) in [6, 6.07) is -3.86. The first-order valence-corrected chi connectivity index (χ1v) is 12.2. The molecule has 3 amide bonds. The molecule has 0 radical (unpaired) electrons. The van der Waals surface area contributed by atoms with Gasteiger partial charge in [-0.05, 0) is 37.0 Å². The number of carbonyl (C=O) groups is 4. The number of aliphatic imine (C=N–C) groups is 1. The van der Waals surface area contributed by atoms with E-state index in [1.54, 1.807) is 20.8 Å². The van der Waals surface area contributed by atoms with E-state index in [0.717, 1.165) is 0 Å². The smallest absolute Gasteiger partial charge is 0.326 e. The van der Waals surface area contributed by atoms with Gasteiger partial charge in [0.25, 0.3) is 0 Å². The van der Waals surface area contributed by atoms with Crippen LogP contribution in [0.5, 0.6) is 0 Å². The molecule has 0 aromatic rings. The minimum atomic E-state index is -1.16. The molecule has 35 heavy (non-hydrogen) atoms. The summed E-state index contributed by atoms with van der Waals surface area (Å²) < 4.78 is 0. The number of hydrogen-bond donors (Lipinski definition) is 7. The number of hydrogen-bond acceptors (Lipinski definition) is 6. The van der Waals surface area contributed by atoms with Crippen LogP contribution < -0.4 is 33.2 Å². The zero-order valence-electron chi connectivity index (χ0n) is 21.8. The molecule has 10 N–H and O–H groups in total. The normalized spacial score (nSPS) is 15.5. The molecule has 0 fully saturated rings. The Balaban J connectivity index is 5.60. The summed E-state index contributed by atoms with van der Waals surface area (Å²) in [6.45, 7) is 11.2. The van der Waals surface area contributed by atoms with Crippen LogP contribution in [0.1, 0.15) is 67.2 Å². The van der Waals surface area contributed by atoms with E-state index in [9.17, 15) is 24.3 Å². The van der Waals surface area contributed by atoms with Gasteiger partial charge in [-0.25, -0.2) is 4.79 Å². The van der Waals surface area contributed by atoms with E-state index in [0.29, 0.717) is 19.3 Å². The van der Waals surface area contributed by atoms with Crippen LogP contribution in [0.25, 0.3) is 0 Å². The van der Waals surface area contributed by atoms with Crippen molar-refractivity contribution in [3.05, 3.63) is 0 Å². The molecule has 5 unspecified atom stereocenters. The second kappa shape index (κ2) is 15.9. The molecule has 0 saturated heterocycles. The molecule has 0 aromatic heterocycles. The van der Waals surface area contributed by atoms with Gasteiger partial charge in [0.2, 0.25) is 17.7 Å². The molecule has 12 nitrogen and oxygen atoms in total. The molecule has 0 spiro atoms. The molecular weight excluding hydrogens is 454 g/mol. The number of carbonyl (C=O) groups excluding carboxylic acids is 3. The Morgan fingerprint density at radius 2 is 1.46 bits per heavy atom. The highest BCUT2D eigenvalue weighted by molar-refractivity contribution is 5.94. The van der Waals surface area contributed by atoms with Crippen LogP contribution in [0.4, 0.5) is 0 Å². The molecule has 5 atom stereocenters. The molecule has 0 bridgehead atoms. The molecule has 12 heteroatoms. The monoisotopic (exact) mass is 499 g/mol. The molecule has 0 aliphatic rings. The number of nitrogens with zero attached hydrogens (tertiary/aromatic N) is 1. The molecule has 202 valence electrons.